The summed E-state index contributed by atoms with van der Waals surface area (Å²) >= 11 is 0.271. The molecule has 2 aromatic carbocycles. The molecule has 0 fully saturated rings. The van der Waals surface area contributed by atoms with Crippen LogP contribution in [0.3, 0.4) is 0 Å². The van der Waals surface area contributed by atoms with Gasteiger partial charge in [0.1, 0.15) is 0 Å². The van der Waals surface area contributed by atoms with Crippen LogP contribution in [0, 0.1) is 0 Å². The van der Waals surface area contributed by atoms with Crippen molar-refractivity contribution in [2.24, 2.45) is 0 Å². The number of anilines is 1. The SMILES string of the molecule is CCS(=O)(=O)N1CCc2cc([Se]c3ccccc3)ccc21. The van der Waals surface area contributed by atoms with E-state index in [1.165, 1.54) is 8.92 Å². The maximum atomic E-state index is 12.1. The Hall–Kier alpha value is -1.29. The third-order valence-corrected chi connectivity index (χ3v) is 7.46. The summed E-state index contributed by atoms with van der Waals surface area (Å²) in [5.74, 6) is 0.155. The molecule has 0 saturated carbocycles. The Morgan fingerprint density at radius 1 is 1.10 bits per heavy atom. The van der Waals surface area contributed by atoms with E-state index in [2.05, 4.69) is 36.4 Å². The predicted molar refractivity (Wildman–Crippen MR) is 88.4 cm³/mol. The molecule has 21 heavy (non-hydrogen) atoms. The number of hydrogen-bond acceptors (Lipinski definition) is 2. The Morgan fingerprint density at radius 2 is 1.86 bits per heavy atom. The summed E-state index contributed by atoms with van der Waals surface area (Å²) in [4.78, 5) is 0. The average molecular weight is 366 g/mol. The minimum absolute atomic E-state index is 0.155. The van der Waals surface area contributed by atoms with Gasteiger partial charge in [-0.3, -0.25) is 0 Å². The topological polar surface area (TPSA) is 37.4 Å². The van der Waals surface area contributed by atoms with E-state index >= 15 is 0 Å². The molecule has 0 saturated heterocycles. The van der Waals surface area contributed by atoms with Gasteiger partial charge in [0.15, 0.2) is 0 Å². The van der Waals surface area contributed by atoms with Gasteiger partial charge >= 0.3 is 132 Å². The third kappa shape index (κ3) is 3.00. The average Bonchev–Trinajstić information content (AvgIpc) is 2.92. The van der Waals surface area contributed by atoms with Gasteiger partial charge in [-0.1, -0.05) is 0 Å². The molecule has 1 aliphatic rings. The molecule has 0 radical (unpaired) electrons. The summed E-state index contributed by atoms with van der Waals surface area (Å²) in [6.07, 6.45) is 0.813. The van der Waals surface area contributed by atoms with Gasteiger partial charge in [0.05, 0.1) is 0 Å². The van der Waals surface area contributed by atoms with Crippen molar-refractivity contribution in [3.63, 3.8) is 0 Å². The zero-order chi connectivity index (χ0) is 14.9. The molecule has 1 aliphatic heterocycles. The molecule has 1 heterocycles. The Balaban J connectivity index is 1.87. The first-order chi connectivity index (χ1) is 10.1. The van der Waals surface area contributed by atoms with Gasteiger partial charge in [-0.05, 0) is 0 Å². The molecule has 3 rings (SSSR count). The van der Waals surface area contributed by atoms with Crippen molar-refractivity contribution >= 4 is 39.6 Å². The normalized spacial score (nSPS) is 14.2. The van der Waals surface area contributed by atoms with Crippen molar-refractivity contribution < 1.29 is 8.42 Å². The van der Waals surface area contributed by atoms with E-state index in [-0.39, 0.29) is 20.7 Å². The maximum absolute atomic E-state index is 12.1. The number of nitrogens with zero attached hydrogens (tertiary/aromatic N) is 1. The molecule has 0 amide bonds. The Morgan fingerprint density at radius 3 is 2.57 bits per heavy atom. The zero-order valence-electron chi connectivity index (χ0n) is 11.8. The molecule has 5 heteroatoms. The van der Waals surface area contributed by atoms with Crippen molar-refractivity contribution in [2.75, 3.05) is 16.6 Å². The van der Waals surface area contributed by atoms with E-state index in [9.17, 15) is 8.42 Å². The molecular formula is C16H17NO2SSe. The van der Waals surface area contributed by atoms with E-state index in [1.54, 1.807) is 11.2 Å². The Kier molecular flexibility index (Phi) is 4.07. The molecule has 2 aromatic rings. The van der Waals surface area contributed by atoms with Crippen LogP contribution in [0.1, 0.15) is 12.5 Å². The van der Waals surface area contributed by atoms with Crippen LogP contribution >= 0.6 is 0 Å². The summed E-state index contributed by atoms with van der Waals surface area (Å²) < 4.78 is 28.3. The molecule has 3 nitrogen and oxygen atoms in total. The van der Waals surface area contributed by atoms with Crippen LogP contribution in [0.5, 0.6) is 0 Å². The van der Waals surface area contributed by atoms with Crippen LogP contribution in [0.2, 0.25) is 0 Å². The number of rotatable bonds is 4. The molecule has 0 aromatic heterocycles. The molecule has 0 unspecified atom stereocenters. The second kappa shape index (κ2) is 5.84. The van der Waals surface area contributed by atoms with Crippen LogP contribution < -0.4 is 13.2 Å². The van der Waals surface area contributed by atoms with Crippen molar-refractivity contribution in [2.45, 2.75) is 13.3 Å². The van der Waals surface area contributed by atoms with Gasteiger partial charge in [-0.25, -0.2) is 0 Å². The van der Waals surface area contributed by atoms with E-state index in [1.807, 2.05) is 12.1 Å². The van der Waals surface area contributed by atoms with Crippen LogP contribution in [0.4, 0.5) is 5.69 Å². The molecule has 0 aliphatic carbocycles. The fraction of sp³-hybridized carbons (Fsp3) is 0.250. The Bertz CT molecular complexity index is 744. The first-order valence-electron chi connectivity index (χ1n) is 6.96. The number of fused-ring (bicyclic) bond motifs is 1. The van der Waals surface area contributed by atoms with E-state index in [0.717, 1.165) is 17.7 Å². The summed E-state index contributed by atoms with van der Waals surface area (Å²) in [7, 11) is -3.14. The monoisotopic (exact) mass is 367 g/mol. The summed E-state index contributed by atoms with van der Waals surface area (Å²) in [6, 6.07) is 16.6. The number of benzene rings is 2. The Labute approximate surface area is 132 Å². The van der Waals surface area contributed by atoms with Gasteiger partial charge in [-0.2, -0.15) is 0 Å². The second-order valence-corrected chi connectivity index (χ2v) is 9.52. The number of hydrogen-bond donors (Lipinski definition) is 0. The zero-order valence-corrected chi connectivity index (χ0v) is 14.3. The van der Waals surface area contributed by atoms with Gasteiger partial charge in [-0.15, -0.1) is 0 Å². The second-order valence-electron chi connectivity index (χ2n) is 4.93. The van der Waals surface area contributed by atoms with Gasteiger partial charge < -0.3 is 0 Å². The predicted octanol–water partition coefficient (Wildman–Crippen LogP) is 1.05. The van der Waals surface area contributed by atoms with E-state index in [4.69, 9.17) is 0 Å². The fourth-order valence-corrected chi connectivity index (χ4v) is 5.53. The van der Waals surface area contributed by atoms with Crippen molar-refractivity contribution in [1.82, 2.24) is 0 Å². The van der Waals surface area contributed by atoms with E-state index < -0.39 is 10.0 Å². The molecular weight excluding hydrogens is 349 g/mol. The first kappa shape index (κ1) is 14.6. The summed E-state index contributed by atoms with van der Waals surface area (Å²) in [5.41, 5.74) is 2.02. The van der Waals surface area contributed by atoms with Crippen molar-refractivity contribution in [3.05, 3.63) is 54.1 Å². The molecule has 0 bridgehead atoms. The third-order valence-electron chi connectivity index (χ3n) is 3.58. The molecule has 0 spiro atoms. The molecule has 110 valence electrons. The number of sulfonamides is 1. The van der Waals surface area contributed by atoms with E-state index in [0.29, 0.717) is 6.54 Å². The summed E-state index contributed by atoms with van der Waals surface area (Å²) in [6.45, 7) is 2.27. The van der Waals surface area contributed by atoms with Crippen LogP contribution in [0.15, 0.2) is 48.5 Å². The van der Waals surface area contributed by atoms with Crippen LogP contribution in [-0.4, -0.2) is 35.7 Å². The quantitative estimate of drug-likeness (QED) is 0.759. The first-order valence-corrected chi connectivity index (χ1v) is 10.3. The van der Waals surface area contributed by atoms with Crippen molar-refractivity contribution in [1.29, 1.82) is 0 Å². The minimum atomic E-state index is -3.14. The summed E-state index contributed by atoms with van der Waals surface area (Å²) in [5, 5.41) is 0. The molecule has 0 atom stereocenters. The molecule has 0 N–H and O–H groups in total. The van der Waals surface area contributed by atoms with Crippen LogP contribution in [-0.2, 0) is 16.4 Å². The fourth-order valence-electron chi connectivity index (χ4n) is 2.48. The van der Waals surface area contributed by atoms with Gasteiger partial charge in [0.25, 0.3) is 0 Å². The standard InChI is InChI=1S/C16H17NO2SSe/c1-2-20(18,19)17-11-10-13-12-15(8-9-16(13)17)21-14-6-4-3-5-7-14/h3-9,12H,2,10-11H2,1H3. The van der Waals surface area contributed by atoms with Gasteiger partial charge in [0.2, 0.25) is 0 Å². The van der Waals surface area contributed by atoms with Crippen LogP contribution in [0.25, 0.3) is 0 Å². The van der Waals surface area contributed by atoms with Gasteiger partial charge in [0, 0.05) is 0 Å². The van der Waals surface area contributed by atoms with Crippen molar-refractivity contribution in [3.8, 4) is 0 Å².